The third-order valence-electron chi connectivity index (χ3n) is 2.43. The van der Waals surface area contributed by atoms with Gasteiger partial charge < -0.3 is 11.1 Å². The van der Waals surface area contributed by atoms with Gasteiger partial charge in [-0.1, -0.05) is 15.9 Å². The normalized spacial score (nSPS) is 10.1. The van der Waals surface area contributed by atoms with Gasteiger partial charge in [-0.2, -0.15) is 0 Å². The van der Waals surface area contributed by atoms with E-state index in [4.69, 9.17) is 5.73 Å². The zero-order valence-electron chi connectivity index (χ0n) is 9.77. The fourth-order valence-corrected chi connectivity index (χ4v) is 1.74. The number of nitrogen functional groups attached to an aromatic ring is 1. The van der Waals surface area contributed by atoms with Crippen LogP contribution in [-0.2, 0) is 0 Å². The van der Waals surface area contributed by atoms with Crippen LogP contribution in [0.3, 0.4) is 0 Å². The van der Waals surface area contributed by atoms with Gasteiger partial charge in [0.05, 0.1) is 0 Å². The van der Waals surface area contributed by atoms with Crippen LogP contribution in [0.5, 0.6) is 0 Å². The van der Waals surface area contributed by atoms with Gasteiger partial charge in [-0.25, -0.2) is 0 Å². The van der Waals surface area contributed by atoms with E-state index in [1.54, 1.807) is 12.1 Å². The Bertz CT molecular complexity index is 599. The molecule has 0 aliphatic heterocycles. The summed E-state index contributed by atoms with van der Waals surface area (Å²) in [6, 6.07) is 8.77. The largest absolute Gasteiger partial charge is 0.399 e. The average Bonchev–Trinajstić information content (AvgIpc) is 2.34. The van der Waals surface area contributed by atoms with Crippen molar-refractivity contribution in [2.45, 2.75) is 6.92 Å². The van der Waals surface area contributed by atoms with Crippen molar-refractivity contribution < 1.29 is 4.79 Å². The number of anilines is 2. The van der Waals surface area contributed by atoms with Crippen molar-refractivity contribution in [1.82, 2.24) is 4.98 Å². The lowest BCUT2D eigenvalue weighted by atomic mass is 10.2. The van der Waals surface area contributed by atoms with E-state index in [1.807, 2.05) is 25.1 Å². The zero-order chi connectivity index (χ0) is 13.1. The number of carbonyl (C=O) groups excluding carboxylic acids is 1. The maximum absolute atomic E-state index is 11.9. The molecule has 0 unspecified atom stereocenters. The lowest BCUT2D eigenvalue weighted by Gasteiger charge is -2.07. The van der Waals surface area contributed by atoms with Crippen molar-refractivity contribution in [3.8, 4) is 0 Å². The molecule has 0 aliphatic carbocycles. The highest BCUT2D eigenvalue weighted by atomic mass is 79.9. The Morgan fingerprint density at radius 1 is 1.33 bits per heavy atom. The minimum Gasteiger partial charge on any atom is -0.399 e. The average molecular weight is 306 g/mol. The van der Waals surface area contributed by atoms with Crippen LogP contribution in [0.2, 0.25) is 0 Å². The molecule has 5 heteroatoms. The van der Waals surface area contributed by atoms with Crippen molar-refractivity contribution in [1.29, 1.82) is 0 Å². The van der Waals surface area contributed by atoms with Gasteiger partial charge in [0.25, 0.3) is 5.91 Å². The number of carbonyl (C=O) groups is 1. The highest BCUT2D eigenvalue weighted by Crippen LogP contribution is 2.20. The Morgan fingerprint density at radius 2 is 2.11 bits per heavy atom. The van der Waals surface area contributed by atoms with E-state index in [2.05, 4.69) is 26.2 Å². The van der Waals surface area contributed by atoms with Gasteiger partial charge in [-0.15, -0.1) is 0 Å². The summed E-state index contributed by atoms with van der Waals surface area (Å²) in [6.07, 6.45) is 1.51. The predicted molar refractivity (Wildman–Crippen MR) is 75.5 cm³/mol. The molecule has 0 spiro atoms. The number of aryl methyl sites for hydroxylation is 1. The number of aromatic nitrogens is 1. The topological polar surface area (TPSA) is 68.0 Å². The molecule has 2 rings (SSSR count). The zero-order valence-corrected chi connectivity index (χ0v) is 11.4. The van der Waals surface area contributed by atoms with Crippen molar-refractivity contribution in [3.63, 3.8) is 0 Å². The van der Waals surface area contributed by atoms with Crippen molar-refractivity contribution >= 4 is 33.2 Å². The molecule has 3 N–H and O–H groups in total. The lowest BCUT2D eigenvalue weighted by Crippen LogP contribution is -2.13. The van der Waals surface area contributed by atoms with Gasteiger partial charge in [0, 0.05) is 22.0 Å². The Labute approximate surface area is 113 Å². The Kier molecular flexibility index (Phi) is 3.62. The Balaban J connectivity index is 2.18. The van der Waals surface area contributed by atoms with E-state index in [9.17, 15) is 4.79 Å². The quantitative estimate of drug-likeness (QED) is 0.896. The molecule has 1 aromatic heterocycles. The first-order valence-electron chi connectivity index (χ1n) is 5.35. The molecule has 1 amide bonds. The van der Waals surface area contributed by atoms with Gasteiger partial charge >= 0.3 is 0 Å². The summed E-state index contributed by atoms with van der Waals surface area (Å²) in [4.78, 5) is 15.9. The van der Waals surface area contributed by atoms with E-state index < -0.39 is 0 Å². The molecule has 2 aromatic rings. The summed E-state index contributed by atoms with van der Waals surface area (Å²) in [5.41, 5.74) is 8.20. The van der Waals surface area contributed by atoms with E-state index >= 15 is 0 Å². The number of nitrogens with two attached hydrogens (primary N) is 1. The van der Waals surface area contributed by atoms with Crippen LogP contribution in [-0.4, -0.2) is 10.9 Å². The summed E-state index contributed by atoms with van der Waals surface area (Å²) in [5.74, 6) is -0.274. The summed E-state index contributed by atoms with van der Waals surface area (Å²) in [6.45, 7) is 1.96. The van der Waals surface area contributed by atoms with Crippen LogP contribution in [0.25, 0.3) is 0 Å². The van der Waals surface area contributed by atoms with Crippen LogP contribution >= 0.6 is 15.9 Å². The van der Waals surface area contributed by atoms with Crippen LogP contribution in [0, 0.1) is 6.92 Å². The van der Waals surface area contributed by atoms with Crippen LogP contribution in [0.4, 0.5) is 11.4 Å². The molecule has 0 bridgehead atoms. The number of benzene rings is 1. The molecule has 0 fully saturated rings. The maximum Gasteiger partial charge on any atom is 0.274 e. The fraction of sp³-hybridized carbons (Fsp3) is 0.0769. The molecule has 0 atom stereocenters. The number of hydrogen-bond acceptors (Lipinski definition) is 3. The number of halogens is 1. The summed E-state index contributed by atoms with van der Waals surface area (Å²) in [7, 11) is 0. The second kappa shape index (κ2) is 5.18. The minimum atomic E-state index is -0.274. The third-order valence-corrected chi connectivity index (χ3v) is 3.32. The number of nitrogens with zero attached hydrogens (tertiary/aromatic N) is 1. The first-order chi connectivity index (χ1) is 8.56. The van der Waals surface area contributed by atoms with Gasteiger partial charge in [-0.3, -0.25) is 9.78 Å². The lowest BCUT2D eigenvalue weighted by molar-refractivity contribution is 0.102. The Hall–Kier alpha value is -1.88. The maximum atomic E-state index is 11.9. The number of pyridine rings is 1. The molecule has 4 nitrogen and oxygen atoms in total. The molecule has 1 heterocycles. The van der Waals surface area contributed by atoms with E-state index in [1.165, 1.54) is 6.20 Å². The van der Waals surface area contributed by atoms with E-state index in [0.717, 1.165) is 15.7 Å². The second-order valence-corrected chi connectivity index (χ2v) is 4.75. The molecule has 18 heavy (non-hydrogen) atoms. The van der Waals surface area contributed by atoms with E-state index in [0.29, 0.717) is 11.4 Å². The Morgan fingerprint density at radius 3 is 2.78 bits per heavy atom. The fourth-order valence-electron chi connectivity index (χ4n) is 1.49. The highest BCUT2D eigenvalue weighted by Gasteiger charge is 2.08. The number of rotatable bonds is 2. The predicted octanol–water partition coefficient (Wildman–Crippen LogP) is 2.99. The van der Waals surface area contributed by atoms with Crippen LogP contribution in [0.15, 0.2) is 41.0 Å². The van der Waals surface area contributed by atoms with Gasteiger partial charge in [0.2, 0.25) is 0 Å². The van der Waals surface area contributed by atoms with Crippen molar-refractivity contribution in [2.75, 3.05) is 11.1 Å². The molecule has 0 saturated carbocycles. The SMILES string of the molecule is Cc1cc(NC(=O)c2cc(N)ccn2)ccc1Br. The second-order valence-electron chi connectivity index (χ2n) is 3.89. The molecule has 0 aliphatic rings. The van der Waals surface area contributed by atoms with Crippen LogP contribution < -0.4 is 11.1 Å². The molecular formula is C13H12BrN3O. The molecular weight excluding hydrogens is 294 g/mol. The smallest absolute Gasteiger partial charge is 0.274 e. The summed E-state index contributed by atoms with van der Waals surface area (Å²) >= 11 is 3.41. The van der Waals surface area contributed by atoms with E-state index in [-0.39, 0.29) is 5.91 Å². The first-order valence-corrected chi connectivity index (χ1v) is 6.14. The molecule has 0 radical (unpaired) electrons. The van der Waals surface area contributed by atoms with Crippen LogP contribution in [0.1, 0.15) is 16.1 Å². The number of nitrogens with one attached hydrogen (secondary N) is 1. The summed E-state index contributed by atoms with van der Waals surface area (Å²) < 4.78 is 1.00. The molecule has 92 valence electrons. The molecule has 1 aromatic carbocycles. The van der Waals surface area contributed by atoms with Gasteiger partial charge in [0.15, 0.2) is 0 Å². The van der Waals surface area contributed by atoms with Crippen molar-refractivity contribution in [3.05, 3.63) is 52.3 Å². The number of amides is 1. The van der Waals surface area contributed by atoms with Gasteiger partial charge in [0.1, 0.15) is 5.69 Å². The highest BCUT2D eigenvalue weighted by molar-refractivity contribution is 9.10. The standard InChI is InChI=1S/C13H12BrN3O/c1-8-6-10(2-3-11(8)14)17-13(18)12-7-9(15)4-5-16-12/h2-7H,1H3,(H2,15,16)(H,17,18). The molecule has 0 saturated heterocycles. The van der Waals surface area contributed by atoms with Crippen molar-refractivity contribution in [2.24, 2.45) is 0 Å². The van der Waals surface area contributed by atoms with Gasteiger partial charge in [-0.05, 0) is 42.8 Å². The minimum absolute atomic E-state index is 0.274. The first kappa shape index (κ1) is 12.6. The number of hydrogen-bond donors (Lipinski definition) is 2. The summed E-state index contributed by atoms with van der Waals surface area (Å²) in [5, 5.41) is 2.78. The monoisotopic (exact) mass is 305 g/mol. The third kappa shape index (κ3) is 2.87.